The van der Waals surface area contributed by atoms with Gasteiger partial charge in [0.15, 0.2) is 0 Å². The number of aromatic amines is 2. The second-order valence-electron chi connectivity index (χ2n) is 18.4. The zero-order valence-corrected chi connectivity index (χ0v) is 39.2. The number of benzene rings is 3. The Morgan fingerprint density at radius 3 is 2.24 bits per heavy atom. The van der Waals surface area contributed by atoms with Crippen molar-refractivity contribution in [2.75, 3.05) is 34.4 Å². The summed E-state index contributed by atoms with van der Waals surface area (Å²) in [6.07, 6.45) is 1.30. The Hall–Kier alpha value is -6.76. The van der Waals surface area contributed by atoms with E-state index in [4.69, 9.17) is 23.9 Å². The molecule has 0 spiro atoms. The van der Waals surface area contributed by atoms with E-state index in [-0.39, 0.29) is 36.8 Å². The number of alkyl halides is 1. The van der Waals surface area contributed by atoms with Crippen LogP contribution in [0.4, 0.5) is 9.18 Å². The molecule has 9 rings (SSSR count). The summed E-state index contributed by atoms with van der Waals surface area (Å²) >= 11 is 0. The van der Waals surface area contributed by atoms with Gasteiger partial charge in [-0.3, -0.25) is 14.9 Å². The number of alkyl carbamates (subject to hydrolysis) is 1. The van der Waals surface area contributed by atoms with Crippen molar-refractivity contribution in [1.82, 2.24) is 44.9 Å². The zero-order chi connectivity index (χ0) is 48.0. The van der Waals surface area contributed by atoms with Crippen LogP contribution in [0.3, 0.4) is 0 Å². The highest BCUT2D eigenvalue weighted by atomic mass is 19.1. The van der Waals surface area contributed by atoms with Crippen LogP contribution in [0.25, 0.3) is 44.7 Å². The molecular formula is C50H58FN9O8. The second-order valence-corrected chi connectivity index (χ2v) is 18.4. The summed E-state index contributed by atoms with van der Waals surface area (Å²) in [5.74, 6) is 1.62. The molecule has 2 saturated heterocycles. The third kappa shape index (κ3) is 8.78. The van der Waals surface area contributed by atoms with Gasteiger partial charge in [-0.1, -0.05) is 52.0 Å². The Labute approximate surface area is 393 Å². The predicted molar refractivity (Wildman–Crippen MR) is 251 cm³/mol. The molecule has 3 aromatic heterocycles. The Balaban J connectivity index is 1.02. The largest absolute Gasteiger partial charge is 0.497 e. The molecular weight excluding hydrogens is 874 g/mol. The number of H-pyrrole nitrogens is 2. The maximum atomic E-state index is 15.1. The lowest BCUT2D eigenvalue weighted by atomic mass is 10.0. The number of carbonyl (C=O) groups is 3. The maximum Gasteiger partial charge on any atom is 0.407 e. The molecule has 7 unspecified atom stereocenters. The van der Waals surface area contributed by atoms with E-state index >= 15 is 4.39 Å². The number of aliphatic hydroxyl groups is 1. The lowest BCUT2D eigenvalue weighted by Gasteiger charge is -2.31. The van der Waals surface area contributed by atoms with Gasteiger partial charge in [0.2, 0.25) is 24.5 Å². The number of hydrogen-bond donors (Lipinski definition) is 5. The van der Waals surface area contributed by atoms with Crippen LogP contribution in [0, 0.1) is 11.8 Å². The third-order valence-corrected chi connectivity index (χ3v) is 13.3. The van der Waals surface area contributed by atoms with E-state index in [2.05, 4.69) is 42.3 Å². The number of halogens is 1. The molecule has 6 heterocycles. The number of hydrogen-bond acceptors (Lipinski definition) is 11. The van der Waals surface area contributed by atoms with Crippen molar-refractivity contribution < 1.29 is 42.8 Å². The van der Waals surface area contributed by atoms with Crippen LogP contribution in [0.2, 0.25) is 0 Å². The molecule has 0 radical (unpaired) electrons. The minimum absolute atomic E-state index is 0.0697. The van der Waals surface area contributed by atoms with E-state index in [9.17, 15) is 19.5 Å². The third-order valence-electron chi connectivity index (χ3n) is 13.3. The number of methoxy groups -OCH3 is 3. The highest BCUT2D eigenvalue weighted by Gasteiger charge is 2.42. The molecule has 3 aromatic carbocycles. The fourth-order valence-electron chi connectivity index (χ4n) is 9.78. The molecule has 6 aromatic rings. The predicted octanol–water partition coefficient (Wildman–Crippen LogP) is 7.23. The van der Waals surface area contributed by atoms with Gasteiger partial charge in [0.25, 0.3) is 0 Å². The number of nitrogens with zero attached hydrogens (tertiary/aromatic N) is 5. The van der Waals surface area contributed by atoms with Crippen LogP contribution in [-0.4, -0.2) is 116 Å². The first-order chi connectivity index (χ1) is 32.8. The molecule has 0 aliphatic carbocycles. The van der Waals surface area contributed by atoms with Crippen molar-refractivity contribution in [2.24, 2.45) is 11.8 Å². The molecule has 2 fully saturated rings. The van der Waals surface area contributed by atoms with Crippen molar-refractivity contribution in [3.63, 3.8) is 0 Å². The average Bonchev–Trinajstić information content (AvgIpc) is 4.21. The van der Waals surface area contributed by atoms with Crippen LogP contribution in [0.1, 0.15) is 82.5 Å². The van der Waals surface area contributed by atoms with Crippen LogP contribution in [0.15, 0.2) is 79.1 Å². The highest BCUT2D eigenvalue weighted by molar-refractivity contribution is 5.93. The van der Waals surface area contributed by atoms with Crippen LogP contribution in [-0.2, 0) is 19.1 Å². The van der Waals surface area contributed by atoms with Crippen LogP contribution >= 0.6 is 0 Å². The second kappa shape index (κ2) is 19.1. The van der Waals surface area contributed by atoms with Gasteiger partial charge in [-0.15, -0.1) is 0 Å². The quantitative estimate of drug-likeness (QED) is 0.0691. The van der Waals surface area contributed by atoms with Gasteiger partial charge in [-0.05, 0) is 67.1 Å². The fraction of sp³-hybridized carbons (Fsp3) is 0.420. The Bertz CT molecular complexity index is 2820. The molecule has 3 aliphatic rings. The minimum Gasteiger partial charge on any atom is -0.497 e. The molecule has 7 atom stereocenters. The number of amides is 3. The highest BCUT2D eigenvalue weighted by Crippen LogP contribution is 2.47. The summed E-state index contributed by atoms with van der Waals surface area (Å²) < 4.78 is 39.6. The zero-order valence-electron chi connectivity index (χ0n) is 39.2. The number of ether oxygens (including phenoxy) is 4. The number of imidazole rings is 2. The molecule has 358 valence electrons. The van der Waals surface area contributed by atoms with Gasteiger partial charge >= 0.3 is 6.09 Å². The van der Waals surface area contributed by atoms with Gasteiger partial charge in [-0.25, -0.2) is 19.2 Å². The number of fused-ring (bicyclic) bond motifs is 5. The Kier molecular flexibility index (Phi) is 13.0. The van der Waals surface area contributed by atoms with E-state index in [1.54, 1.807) is 19.5 Å². The van der Waals surface area contributed by atoms with Gasteiger partial charge in [0.1, 0.15) is 35.4 Å². The first-order valence-electron chi connectivity index (χ1n) is 23.0. The number of likely N-dealkylation sites (tertiary alicyclic amines) is 2. The maximum absolute atomic E-state index is 15.1. The number of rotatable bonds is 14. The SMILES string of the molecule is COC(=O)NC(C(=O)N1CC(F)CC1c1ncc(-c2ccc3c(c2)cc2n3C(c3cccc(OC)c3)Oc3cc(-c4cnc(C5CCCN5C(=O)C(NC(O)OC)C(C)C)[nH]4)ccc3-2)[nH]1)C(C)C. The van der Waals surface area contributed by atoms with Gasteiger partial charge in [0, 0.05) is 47.7 Å². The Morgan fingerprint density at radius 1 is 0.853 bits per heavy atom. The van der Waals surface area contributed by atoms with Gasteiger partial charge < -0.3 is 53.7 Å². The van der Waals surface area contributed by atoms with Crippen molar-refractivity contribution in [2.45, 2.75) is 89.9 Å². The standard InChI is InChI=1S/C50H58FN9O8/c1-26(2)42(56-49(63)66-6)46(61)58-17-9-12-38(58)44-52-24-36(54-44)29-13-15-34-39-20-31-18-28(14-16-37(31)60(39)48(68-41(34)21-29)30-10-8-11-33(19-30)65-5)35-23-53-45(55-35)40-22-32(51)25-59(40)47(62)43(27(3)4)57-50(64)67-7/h8,10-11,13-16,18-21,23-24,26-27,32,38,40,42-43,48-49,56,63H,9,12,17,22,25H2,1-7H3,(H,52,54)(H,53,55)(H,57,64). The average molecular weight is 932 g/mol. The van der Waals surface area contributed by atoms with Gasteiger partial charge in [-0.2, -0.15) is 0 Å². The molecule has 17 nitrogen and oxygen atoms in total. The van der Waals surface area contributed by atoms with E-state index in [1.165, 1.54) is 19.1 Å². The molecule has 5 N–H and O–H groups in total. The summed E-state index contributed by atoms with van der Waals surface area (Å²) in [6.45, 7) is 7.94. The summed E-state index contributed by atoms with van der Waals surface area (Å²) in [4.78, 5) is 59.4. The first-order valence-corrected chi connectivity index (χ1v) is 23.0. The number of carbonyl (C=O) groups excluding carboxylic acids is 3. The minimum atomic E-state index is -1.26. The molecule has 3 aliphatic heterocycles. The topological polar surface area (TPSA) is 201 Å². The first kappa shape index (κ1) is 46.4. The van der Waals surface area contributed by atoms with Crippen molar-refractivity contribution in [1.29, 1.82) is 0 Å². The lowest BCUT2D eigenvalue weighted by Crippen LogP contribution is -2.52. The van der Waals surface area contributed by atoms with E-state index in [0.29, 0.717) is 35.4 Å². The number of nitrogens with one attached hydrogen (secondary N) is 4. The van der Waals surface area contributed by atoms with Crippen LogP contribution < -0.4 is 20.1 Å². The lowest BCUT2D eigenvalue weighted by molar-refractivity contribution is -0.145. The number of aromatic nitrogens is 5. The summed E-state index contributed by atoms with van der Waals surface area (Å²) in [7, 11) is 4.24. The fourth-order valence-corrected chi connectivity index (χ4v) is 9.78. The van der Waals surface area contributed by atoms with E-state index in [1.807, 2.05) is 87.2 Å². The number of aliphatic hydroxyl groups excluding tert-OH is 1. The monoisotopic (exact) mass is 931 g/mol. The van der Waals surface area contributed by atoms with Crippen molar-refractivity contribution >= 4 is 28.8 Å². The van der Waals surface area contributed by atoms with Crippen molar-refractivity contribution in [3.05, 3.63) is 96.3 Å². The summed E-state index contributed by atoms with van der Waals surface area (Å²) in [5, 5.41) is 16.6. The molecule has 68 heavy (non-hydrogen) atoms. The van der Waals surface area contributed by atoms with Crippen molar-refractivity contribution in [3.8, 4) is 45.3 Å². The normalized spacial score (nSPS) is 20.3. The van der Waals surface area contributed by atoms with Crippen LogP contribution in [0.5, 0.6) is 11.5 Å². The summed E-state index contributed by atoms with van der Waals surface area (Å²) in [5.41, 5.74) is 6.81. The summed E-state index contributed by atoms with van der Waals surface area (Å²) in [6, 6.07) is 19.7. The van der Waals surface area contributed by atoms with Gasteiger partial charge in [0.05, 0.1) is 73.9 Å². The molecule has 3 amide bonds. The smallest absolute Gasteiger partial charge is 0.407 e. The van der Waals surface area contributed by atoms with E-state index < -0.39 is 48.9 Å². The Morgan fingerprint density at radius 2 is 1.54 bits per heavy atom. The molecule has 0 bridgehead atoms. The van der Waals surface area contributed by atoms with E-state index in [0.717, 1.165) is 57.4 Å². The molecule has 0 saturated carbocycles. The molecule has 18 heteroatoms.